The van der Waals surface area contributed by atoms with E-state index < -0.39 is 0 Å². The van der Waals surface area contributed by atoms with Gasteiger partial charge in [0, 0.05) is 30.2 Å². The molecule has 1 aliphatic heterocycles. The first-order chi connectivity index (χ1) is 10.7. The zero-order valence-corrected chi connectivity index (χ0v) is 14.7. The van der Waals surface area contributed by atoms with Crippen molar-refractivity contribution >= 4 is 32.4 Å². The lowest BCUT2D eigenvalue weighted by Crippen LogP contribution is -2.37. The predicted molar refractivity (Wildman–Crippen MR) is 89.8 cm³/mol. The Morgan fingerprint density at radius 1 is 1.45 bits per heavy atom. The van der Waals surface area contributed by atoms with Crippen LogP contribution in [0.25, 0.3) is 10.6 Å². The van der Waals surface area contributed by atoms with Crippen LogP contribution in [0.1, 0.15) is 12.8 Å². The zero-order chi connectivity index (χ0) is 15.5. The Balaban J connectivity index is 1.80. The Morgan fingerprint density at radius 2 is 2.32 bits per heavy atom. The van der Waals surface area contributed by atoms with Gasteiger partial charge in [-0.15, -0.1) is 10.2 Å². The molecule has 2 aromatic rings. The van der Waals surface area contributed by atoms with Crippen LogP contribution in [-0.2, 0) is 4.74 Å². The van der Waals surface area contributed by atoms with Crippen LogP contribution in [-0.4, -0.2) is 37.0 Å². The molecule has 2 heterocycles. The van der Waals surface area contributed by atoms with E-state index in [9.17, 15) is 4.39 Å². The summed E-state index contributed by atoms with van der Waals surface area (Å²) in [7, 11) is 1.73. The standard InChI is InChI=1S/C15H17BrFN3OS/c1-21-9-10-3-2-6-20(8-10)15-19-18-14(22-15)12-7-11(16)4-5-13(12)17/h4-5,7,10H,2-3,6,8-9H2,1H3. The lowest BCUT2D eigenvalue weighted by molar-refractivity contribution is 0.143. The molecule has 0 radical (unpaired) electrons. The van der Waals surface area contributed by atoms with E-state index in [4.69, 9.17) is 4.74 Å². The maximum absolute atomic E-state index is 14.0. The molecule has 1 aromatic carbocycles. The van der Waals surface area contributed by atoms with Gasteiger partial charge in [0.25, 0.3) is 0 Å². The zero-order valence-electron chi connectivity index (χ0n) is 12.3. The van der Waals surface area contributed by atoms with Gasteiger partial charge in [0.2, 0.25) is 5.13 Å². The van der Waals surface area contributed by atoms with E-state index >= 15 is 0 Å². The van der Waals surface area contributed by atoms with Gasteiger partial charge in [0.15, 0.2) is 5.01 Å². The Morgan fingerprint density at radius 3 is 3.14 bits per heavy atom. The van der Waals surface area contributed by atoms with Crippen LogP contribution in [0.5, 0.6) is 0 Å². The second kappa shape index (κ2) is 7.02. The summed E-state index contributed by atoms with van der Waals surface area (Å²) in [5, 5.41) is 9.89. The summed E-state index contributed by atoms with van der Waals surface area (Å²) in [6, 6.07) is 4.86. The third-order valence-electron chi connectivity index (χ3n) is 3.77. The fourth-order valence-electron chi connectivity index (χ4n) is 2.72. The lowest BCUT2D eigenvalue weighted by atomic mass is 9.99. The van der Waals surface area contributed by atoms with Crippen LogP contribution in [0.2, 0.25) is 0 Å². The molecule has 0 amide bonds. The highest BCUT2D eigenvalue weighted by Gasteiger charge is 2.23. The highest BCUT2D eigenvalue weighted by Crippen LogP contribution is 2.33. The van der Waals surface area contributed by atoms with E-state index in [1.165, 1.54) is 23.8 Å². The van der Waals surface area contributed by atoms with Crippen molar-refractivity contribution in [1.29, 1.82) is 0 Å². The highest BCUT2D eigenvalue weighted by atomic mass is 79.9. The van der Waals surface area contributed by atoms with Crippen molar-refractivity contribution < 1.29 is 9.13 Å². The monoisotopic (exact) mass is 385 g/mol. The molecule has 22 heavy (non-hydrogen) atoms. The maximum atomic E-state index is 14.0. The van der Waals surface area contributed by atoms with Crippen LogP contribution in [0, 0.1) is 11.7 Å². The topological polar surface area (TPSA) is 38.2 Å². The van der Waals surface area contributed by atoms with E-state index in [-0.39, 0.29) is 5.82 Å². The van der Waals surface area contributed by atoms with Crippen LogP contribution in [0.15, 0.2) is 22.7 Å². The molecule has 0 bridgehead atoms. The molecule has 1 aliphatic rings. The number of methoxy groups -OCH3 is 1. The van der Waals surface area contributed by atoms with Crippen LogP contribution < -0.4 is 4.90 Å². The van der Waals surface area contributed by atoms with Crippen LogP contribution >= 0.6 is 27.3 Å². The van der Waals surface area contributed by atoms with Crippen molar-refractivity contribution in [2.24, 2.45) is 5.92 Å². The Bertz CT molecular complexity index is 649. The molecule has 4 nitrogen and oxygen atoms in total. The first-order valence-electron chi connectivity index (χ1n) is 7.20. The van der Waals surface area contributed by atoms with Gasteiger partial charge in [-0.3, -0.25) is 0 Å². The number of benzene rings is 1. The molecule has 118 valence electrons. The molecule has 7 heteroatoms. The molecule has 1 saturated heterocycles. The molecular weight excluding hydrogens is 369 g/mol. The van der Waals surface area contributed by atoms with E-state index in [1.54, 1.807) is 19.2 Å². The number of nitrogens with zero attached hydrogens (tertiary/aromatic N) is 3. The number of ether oxygens (including phenoxy) is 1. The minimum absolute atomic E-state index is 0.276. The average Bonchev–Trinajstić information content (AvgIpc) is 3.00. The summed E-state index contributed by atoms with van der Waals surface area (Å²) in [6.07, 6.45) is 2.30. The molecule has 0 spiro atoms. The normalized spacial score (nSPS) is 18.7. The van der Waals surface area contributed by atoms with Crippen molar-refractivity contribution in [1.82, 2.24) is 10.2 Å². The second-order valence-corrected chi connectivity index (χ2v) is 7.30. The Hall–Kier alpha value is -1.05. The van der Waals surface area contributed by atoms with E-state index in [0.29, 0.717) is 16.5 Å². The lowest BCUT2D eigenvalue weighted by Gasteiger charge is -2.31. The highest BCUT2D eigenvalue weighted by molar-refractivity contribution is 9.10. The summed E-state index contributed by atoms with van der Waals surface area (Å²) in [4.78, 5) is 2.23. The minimum atomic E-state index is -0.276. The van der Waals surface area contributed by atoms with Crippen LogP contribution in [0.4, 0.5) is 9.52 Å². The number of aromatic nitrogens is 2. The fourth-order valence-corrected chi connectivity index (χ4v) is 3.98. The van der Waals surface area contributed by atoms with Gasteiger partial charge in [-0.25, -0.2) is 4.39 Å². The Kier molecular flexibility index (Phi) is 5.05. The quantitative estimate of drug-likeness (QED) is 0.797. The largest absolute Gasteiger partial charge is 0.384 e. The number of rotatable bonds is 4. The first kappa shape index (κ1) is 15.8. The fraction of sp³-hybridized carbons (Fsp3) is 0.467. The predicted octanol–water partition coefficient (Wildman–Crippen LogP) is 3.97. The van der Waals surface area contributed by atoms with Gasteiger partial charge in [-0.05, 0) is 37.0 Å². The molecular formula is C15H17BrFN3OS. The summed E-state index contributed by atoms with van der Waals surface area (Å²) < 4.78 is 20.0. The van der Waals surface area contributed by atoms with Crippen molar-refractivity contribution in [2.75, 3.05) is 31.7 Å². The van der Waals surface area contributed by atoms with Crippen molar-refractivity contribution in [3.05, 3.63) is 28.5 Å². The molecule has 1 aromatic heterocycles. The summed E-state index contributed by atoms with van der Waals surface area (Å²) in [6.45, 7) is 2.65. The number of halogens is 2. The van der Waals surface area contributed by atoms with Crippen molar-refractivity contribution in [2.45, 2.75) is 12.8 Å². The summed E-state index contributed by atoms with van der Waals surface area (Å²) >= 11 is 4.81. The average molecular weight is 386 g/mol. The van der Waals surface area contributed by atoms with Gasteiger partial charge in [0.1, 0.15) is 5.82 Å². The van der Waals surface area contributed by atoms with Crippen molar-refractivity contribution in [3.8, 4) is 10.6 Å². The molecule has 1 atom stereocenters. The number of anilines is 1. The summed E-state index contributed by atoms with van der Waals surface area (Å²) in [5.74, 6) is 0.246. The van der Waals surface area contributed by atoms with E-state index in [2.05, 4.69) is 31.0 Å². The smallest absolute Gasteiger partial charge is 0.208 e. The molecule has 0 saturated carbocycles. The summed E-state index contributed by atoms with van der Waals surface area (Å²) in [5.41, 5.74) is 0.489. The maximum Gasteiger partial charge on any atom is 0.208 e. The first-order valence-corrected chi connectivity index (χ1v) is 8.81. The molecule has 0 N–H and O–H groups in total. The van der Waals surface area contributed by atoms with E-state index in [1.807, 2.05) is 0 Å². The van der Waals surface area contributed by atoms with E-state index in [0.717, 1.165) is 35.7 Å². The van der Waals surface area contributed by atoms with Gasteiger partial charge in [-0.2, -0.15) is 0 Å². The molecule has 1 unspecified atom stereocenters. The molecule has 1 fully saturated rings. The molecule has 3 rings (SSSR count). The third-order valence-corrected chi connectivity index (χ3v) is 5.28. The Labute approximate surface area is 141 Å². The van der Waals surface area contributed by atoms with Gasteiger partial charge in [0.05, 0.1) is 6.61 Å². The molecule has 0 aliphatic carbocycles. The van der Waals surface area contributed by atoms with Crippen molar-refractivity contribution in [3.63, 3.8) is 0 Å². The van der Waals surface area contributed by atoms with Crippen LogP contribution in [0.3, 0.4) is 0 Å². The number of hydrogen-bond acceptors (Lipinski definition) is 5. The van der Waals surface area contributed by atoms with Gasteiger partial charge in [-0.1, -0.05) is 27.3 Å². The van der Waals surface area contributed by atoms with Gasteiger partial charge < -0.3 is 9.64 Å². The third kappa shape index (κ3) is 3.47. The SMILES string of the molecule is COCC1CCCN(c2nnc(-c3cc(Br)ccc3F)s2)C1. The second-order valence-electron chi connectivity index (χ2n) is 5.42. The number of hydrogen-bond donors (Lipinski definition) is 0. The number of piperidine rings is 1. The van der Waals surface area contributed by atoms with Gasteiger partial charge >= 0.3 is 0 Å². The minimum Gasteiger partial charge on any atom is -0.384 e.